The number of carbonyl (C=O) groups is 2. The van der Waals surface area contributed by atoms with Crippen molar-refractivity contribution >= 4 is 34.6 Å². The first-order chi connectivity index (χ1) is 13.2. The van der Waals surface area contributed by atoms with Crippen LogP contribution in [0.5, 0.6) is 0 Å². The van der Waals surface area contributed by atoms with Gasteiger partial charge in [-0.1, -0.05) is 0 Å². The summed E-state index contributed by atoms with van der Waals surface area (Å²) in [7, 11) is 0. The van der Waals surface area contributed by atoms with Crippen molar-refractivity contribution < 1.29 is 19.1 Å². The summed E-state index contributed by atoms with van der Waals surface area (Å²) in [6.07, 6.45) is 9.65. The molecular weight excluding hydrogens is 380 g/mol. The summed E-state index contributed by atoms with van der Waals surface area (Å²) >= 11 is 3.13. The van der Waals surface area contributed by atoms with Gasteiger partial charge in [-0.2, -0.15) is 0 Å². The summed E-state index contributed by atoms with van der Waals surface area (Å²) in [5.74, 6) is -0.515. The Morgan fingerprint density at radius 1 is 0.741 bits per heavy atom. The molecule has 6 heteroatoms. The third kappa shape index (κ3) is 4.43. The van der Waals surface area contributed by atoms with Crippen molar-refractivity contribution in [3.8, 4) is 0 Å². The van der Waals surface area contributed by atoms with Crippen molar-refractivity contribution in [3.63, 3.8) is 0 Å². The average Bonchev–Trinajstić information content (AvgIpc) is 3.31. The molecule has 0 spiro atoms. The van der Waals surface area contributed by atoms with Crippen molar-refractivity contribution in [2.45, 2.75) is 57.8 Å². The molecule has 0 radical (unpaired) electrons. The van der Waals surface area contributed by atoms with Gasteiger partial charge in [0.05, 0.1) is 13.2 Å². The molecule has 0 bridgehead atoms. The van der Waals surface area contributed by atoms with E-state index in [1.165, 1.54) is 46.6 Å². The summed E-state index contributed by atoms with van der Waals surface area (Å²) < 4.78 is 10.7. The van der Waals surface area contributed by atoms with Crippen molar-refractivity contribution in [2.75, 3.05) is 13.2 Å². The number of rotatable bonds is 6. The molecule has 2 aliphatic carbocycles. The highest BCUT2D eigenvalue weighted by Crippen LogP contribution is 2.31. The average molecular weight is 405 g/mol. The highest BCUT2D eigenvalue weighted by atomic mass is 32.1. The van der Waals surface area contributed by atoms with Crippen LogP contribution in [0.2, 0.25) is 0 Å². The Balaban J connectivity index is 1.19. The molecule has 0 aromatic carbocycles. The molecule has 0 fully saturated rings. The number of esters is 2. The largest absolute Gasteiger partial charge is 0.461 e. The summed E-state index contributed by atoms with van der Waals surface area (Å²) in [5.41, 5.74) is 2.62. The fourth-order valence-corrected chi connectivity index (χ4v) is 6.01. The number of carbonyl (C=O) groups excluding carboxylic acids is 2. The zero-order chi connectivity index (χ0) is 18.6. The molecule has 2 aliphatic rings. The van der Waals surface area contributed by atoms with Crippen LogP contribution in [0.1, 0.15) is 72.3 Å². The van der Waals surface area contributed by atoms with Gasteiger partial charge in [-0.3, -0.25) is 0 Å². The SMILES string of the molecule is O=C(OCCCOC(=O)c1cc2c(s1)CCCC2)c1cc2c(s1)CCCC2. The van der Waals surface area contributed by atoms with Gasteiger partial charge in [-0.25, -0.2) is 9.59 Å². The Kier molecular flexibility index (Phi) is 5.93. The second-order valence-electron chi connectivity index (χ2n) is 7.16. The summed E-state index contributed by atoms with van der Waals surface area (Å²) in [6.45, 7) is 0.547. The zero-order valence-electron chi connectivity index (χ0n) is 15.4. The molecular formula is C21H24O4S2. The van der Waals surface area contributed by atoms with Crippen LogP contribution >= 0.6 is 22.7 Å². The van der Waals surface area contributed by atoms with Gasteiger partial charge in [0.25, 0.3) is 0 Å². The number of thiophene rings is 2. The van der Waals surface area contributed by atoms with Gasteiger partial charge in [-0.15, -0.1) is 22.7 Å². The van der Waals surface area contributed by atoms with Crippen molar-refractivity contribution in [1.82, 2.24) is 0 Å². The van der Waals surface area contributed by atoms with E-state index in [0.717, 1.165) is 25.7 Å². The number of fused-ring (bicyclic) bond motifs is 2. The number of aryl methyl sites for hydroxylation is 4. The van der Waals surface area contributed by atoms with E-state index in [1.807, 2.05) is 12.1 Å². The predicted molar refractivity (Wildman–Crippen MR) is 107 cm³/mol. The number of hydrogen-bond acceptors (Lipinski definition) is 6. The smallest absolute Gasteiger partial charge is 0.348 e. The van der Waals surface area contributed by atoms with Crippen LogP contribution < -0.4 is 0 Å². The van der Waals surface area contributed by atoms with Gasteiger partial charge in [0, 0.05) is 16.2 Å². The molecule has 0 saturated heterocycles. The molecule has 0 saturated carbocycles. The Labute approximate surface area is 167 Å². The molecule has 0 atom stereocenters. The lowest BCUT2D eigenvalue weighted by atomic mass is 9.99. The van der Waals surface area contributed by atoms with Crippen LogP contribution in [0.15, 0.2) is 12.1 Å². The maximum Gasteiger partial charge on any atom is 0.348 e. The molecule has 0 unspecified atom stereocenters. The highest BCUT2D eigenvalue weighted by molar-refractivity contribution is 7.14. The molecule has 0 aliphatic heterocycles. The second kappa shape index (κ2) is 8.57. The van der Waals surface area contributed by atoms with Gasteiger partial charge in [0.15, 0.2) is 0 Å². The van der Waals surface area contributed by atoms with Crippen molar-refractivity contribution in [1.29, 1.82) is 0 Å². The normalized spacial score (nSPS) is 15.7. The lowest BCUT2D eigenvalue weighted by molar-refractivity contribution is 0.0402. The quantitative estimate of drug-likeness (QED) is 0.504. The Morgan fingerprint density at radius 3 is 1.63 bits per heavy atom. The number of hydrogen-bond donors (Lipinski definition) is 0. The zero-order valence-corrected chi connectivity index (χ0v) is 17.0. The molecule has 144 valence electrons. The minimum atomic E-state index is -0.258. The first-order valence-corrected chi connectivity index (χ1v) is 11.4. The second-order valence-corrected chi connectivity index (χ2v) is 9.43. The fourth-order valence-electron chi connectivity index (χ4n) is 3.71. The topological polar surface area (TPSA) is 52.6 Å². The summed E-state index contributed by atoms with van der Waals surface area (Å²) in [6, 6.07) is 3.97. The first kappa shape index (κ1) is 18.7. The van der Waals surface area contributed by atoms with E-state index in [9.17, 15) is 9.59 Å². The molecule has 27 heavy (non-hydrogen) atoms. The molecule has 2 aromatic heterocycles. The van der Waals surface area contributed by atoms with Crippen molar-refractivity contribution in [2.24, 2.45) is 0 Å². The van der Waals surface area contributed by atoms with E-state index < -0.39 is 0 Å². The standard InChI is InChI=1S/C21H24O4S2/c22-20(18-12-14-6-1-3-8-16(14)26-18)24-10-5-11-25-21(23)19-13-15-7-2-4-9-17(15)27-19/h12-13H,1-11H2. The van der Waals surface area contributed by atoms with Crippen LogP contribution in [0.25, 0.3) is 0 Å². The molecule has 4 rings (SSSR count). The van der Waals surface area contributed by atoms with Crippen LogP contribution in [0.3, 0.4) is 0 Å². The van der Waals surface area contributed by atoms with Crippen molar-refractivity contribution in [3.05, 3.63) is 42.8 Å². The Hall–Kier alpha value is -1.66. The maximum absolute atomic E-state index is 12.2. The minimum Gasteiger partial charge on any atom is -0.461 e. The molecule has 2 heterocycles. The molecule has 2 aromatic rings. The Bertz CT molecular complexity index is 718. The van der Waals surface area contributed by atoms with Gasteiger partial charge >= 0.3 is 11.9 Å². The van der Waals surface area contributed by atoms with E-state index in [0.29, 0.717) is 16.2 Å². The molecule has 0 amide bonds. The van der Waals surface area contributed by atoms with Crippen LogP contribution in [0, 0.1) is 0 Å². The van der Waals surface area contributed by atoms with E-state index in [-0.39, 0.29) is 25.2 Å². The Morgan fingerprint density at radius 2 is 1.19 bits per heavy atom. The monoisotopic (exact) mass is 404 g/mol. The summed E-state index contributed by atoms with van der Waals surface area (Å²) in [5, 5.41) is 0. The van der Waals surface area contributed by atoms with Crippen LogP contribution in [0.4, 0.5) is 0 Å². The maximum atomic E-state index is 12.2. The predicted octanol–water partition coefficient (Wildman–Crippen LogP) is 4.97. The first-order valence-electron chi connectivity index (χ1n) is 9.78. The fraction of sp³-hybridized carbons (Fsp3) is 0.524. The van der Waals surface area contributed by atoms with Gasteiger partial charge in [0.1, 0.15) is 9.75 Å². The lowest BCUT2D eigenvalue weighted by Gasteiger charge is -2.08. The highest BCUT2D eigenvalue weighted by Gasteiger charge is 2.19. The molecule has 4 nitrogen and oxygen atoms in total. The lowest BCUT2D eigenvalue weighted by Crippen LogP contribution is -2.09. The van der Waals surface area contributed by atoms with E-state index in [2.05, 4.69) is 0 Å². The van der Waals surface area contributed by atoms with E-state index in [1.54, 1.807) is 22.7 Å². The van der Waals surface area contributed by atoms with E-state index in [4.69, 9.17) is 9.47 Å². The van der Waals surface area contributed by atoms with Gasteiger partial charge < -0.3 is 9.47 Å². The van der Waals surface area contributed by atoms with Crippen LogP contribution in [-0.2, 0) is 35.2 Å². The number of ether oxygens (including phenoxy) is 2. The minimum absolute atomic E-state index is 0.258. The summed E-state index contributed by atoms with van der Waals surface area (Å²) in [4.78, 5) is 28.4. The van der Waals surface area contributed by atoms with Gasteiger partial charge in [-0.05, 0) is 74.6 Å². The van der Waals surface area contributed by atoms with Gasteiger partial charge in [0.2, 0.25) is 0 Å². The third-order valence-electron chi connectivity index (χ3n) is 5.15. The molecule has 0 N–H and O–H groups in total. The third-order valence-corrected chi connectivity index (χ3v) is 7.58. The van der Waals surface area contributed by atoms with Crippen LogP contribution in [-0.4, -0.2) is 25.2 Å². The van der Waals surface area contributed by atoms with E-state index >= 15 is 0 Å².